The zero-order valence-corrected chi connectivity index (χ0v) is 9.27. The van der Waals surface area contributed by atoms with Crippen LogP contribution in [-0.4, -0.2) is 36.3 Å². The predicted molar refractivity (Wildman–Crippen MR) is 60.4 cm³/mol. The third kappa shape index (κ3) is 3.86. The van der Waals surface area contributed by atoms with E-state index in [1.807, 2.05) is 0 Å². The second-order valence-electron chi connectivity index (χ2n) is 3.28. The Kier molecular flexibility index (Phi) is 5.28. The van der Waals surface area contributed by atoms with Gasteiger partial charge in [-0.05, 0) is 25.0 Å². The zero-order chi connectivity index (χ0) is 11.8. The number of aromatic nitrogens is 1. The Balaban J connectivity index is 2.50. The maximum Gasteiger partial charge on any atom is 0.338 e. The van der Waals surface area contributed by atoms with Gasteiger partial charge < -0.3 is 15.2 Å². The number of aliphatic hydroxyl groups is 1. The average Bonchev–Trinajstić information content (AvgIpc) is 2.34. The highest BCUT2D eigenvalue weighted by Crippen LogP contribution is 2.07. The van der Waals surface area contributed by atoms with Crippen LogP contribution < -0.4 is 5.32 Å². The Morgan fingerprint density at radius 3 is 3.06 bits per heavy atom. The topological polar surface area (TPSA) is 71.5 Å². The van der Waals surface area contributed by atoms with Crippen molar-refractivity contribution < 1.29 is 14.6 Å². The Labute approximate surface area is 94.5 Å². The van der Waals surface area contributed by atoms with Gasteiger partial charge >= 0.3 is 5.97 Å². The molecule has 16 heavy (non-hydrogen) atoms. The summed E-state index contributed by atoms with van der Waals surface area (Å²) in [6.07, 6.45) is 3.17. The molecule has 0 spiro atoms. The highest BCUT2D eigenvalue weighted by Gasteiger charge is 2.05. The van der Waals surface area contributed by atoms with Gasteiger partial charge in [-0.3, -0.25) is 0 Å². The number of aliphatic hydroxyl groups excluding tert-OH is 1. The van der Waals surface area contributed by atoms with Crippen LogP contribution in [0.3, 0.4) is 0 Å². The lowest BCUT2D eigenvalue weighted by atomic mass is 10.2. The van der Waals surface area contributed by atoms with E-state index in [9.17, 15) is 4.79 Å². The van der Waals surface area contributed by atoms with Crippen LogP contribution in [-0.2, 0) is 4.74 Å². The number of esters is 1. The van der Waals surface area contributed by atoms with Crippen LogP contribution in [0.2, 0.25) is 0 Å². The number of unbranched alkanes of at least 4 members (excludes halogenated alkanes) is 1. The molecule has 88 valence electrons. The fourth-order valence-electron chi connectivity index (χ4n) is 1.23. The molecule has 1 rings (SSSR count). The van der Waals surface area contributed by atoms with Crippen molar-refractivity contribution in [3.63, 3.8) is 0 Å². The molecule has 0 saturated carbocycles. The zero-order valence-electron chi connectivity index (χ0n) is 9.27. The number of carbonyl (C=O) groups excluding carboxylic acids is 1. The van der Waals surface area contributed by atoms with Crippen LogP contribution >= 0.6 is 0 Å². The molecule has 0 aliphatic carbocycles. The highest BCUT2D eigenvalue weighted by atomic mass is 16.5. The molecular formula is C11H16N2O3. The Morgan fingerprint density at radius 2 is 2.38 bits per heavy atom. The van der Waals surface area contributed by atoms with Crippen molar-refractivity contribution in [3.8, 4) is 0 Å². The van der Waals surface area contributed by atoms with Gasteiger partial charge in [0, 0.05) is 19.3 Å². The van der Waals surface area contributed by atoms with Crippen LogP contribution in [0.1, 0.15) is 23.2 Å². The van der Waals surface area contributed by atoms with Gasteiger partial charge in [0.25, 0.3) is 0 Å². The van der Waals surface area contributed by atoms with E-state index in [1.54, 1.807) is 18.3 Å². The van der Waals surface area contributed by atoms with Crippen LogP contribution in [0.5, 0.6) is 0 Å². The third-order valence-electron chi connectivity index (χ3n) is 2.07. The molecule has 0 saturated heterocycles. The number of methoxy groups -OCH3 is 1. The maximum absolute atomic E-state index is 11.2. The van der Waals surface area contributed by atoms with E-state index in [1.165, 1.54) is 7.11 Å². The van der Waals surface area contributed by atoms with Gasteiger partial charge in [-0.25, -0.2) is 9.78 Å². The second kappa shape index (κ2) is 6.79. The van der Waals surface area contributed by atoms with E-state index in [-0.39, 0.29) is 12.6 Å². The van der Waals surface area contributed by atoms with Crippen LogP contribution in [0.25, 0.3) is 0 Å². The van der Waals surface area contributed by atoms with Gasteiger partial charge in [0.15, 0.2) is 0 Å². The molecule has 0 fully saturated rings. The number of pyridine rings is 1. The lowest BCUT2D eigenvalue weighted by Gasteiger charge is -2.05. The van der Waals surface area contributed by atoms with Crippen LogP contribution in [0.15, 0.2) is 18.3 Å². The number of ether oxygens (including phenoxy) is 1. The molecule has 2 N–H and O–H groups in total. The molecule has 0 aliphatic heterocycles. The van der Waals surface area contributed by atoms with Crippen molar-refractivity contribution in [1.82, 2.24) is 4.98 Å². The quantitative estimate of drug-likeness (QED) is 0.558. The summed E-state index contributed by atoms with van der Waals surface area (Å²) in [6.45, 7) is 0.912. The van der Waals surface area contributed by atoms with Crippen molar-refractivity contribution in [2.24, 2.45) is 0 Å². The smallest absolute Gasteiger partial charge is 0.338 e. The predicted octanol–water partition coefficient (Wildman–Crippen LogP) is 1.05. The fraction of sp³-hybridized carbons (Fsp3) is 0.455. The van der Waals surface area contributed by atoms with Gasteiger partial charge in [0.2, 0.25) is 0 Å². The van der Waals surface area contributed by atoms with Gasteiger partial charge in [-0.15, -0.1) is 0 Å². The number of nitrogens with zero attached hydrogens (tertiary/aromatic N) is 1. The van der Waals surface area contributed by atoms with Crippen LogP contribution in [0.4, 0.5) is 5.82 Å². The van der Waals surface area contributed by atoms with Crippen molar-refractivity contribution >= 4 is 11.8 Å². The fourth-order valence-corrected chi connectivity index (χ4v) is 1.23. The molecule has 0 aliphatic rings. The van der Waals surface area contributed by atoms with Crippen LogP contribution in [0, 0.1) is 0 Å². The molecule has 0 unspecified atom stereocenters. The Hall–Kier alpha value is -1.62. The lowest BCUT2D eigenvalue weighted by Crippen LogP contribution is -2.06. The first-order valence-corrected chi connectivity index (χ1v) is 5.17. The molecule has 5 heteroatoms. The summed E-state index contributed by atoms with van der Waals surface area (Å²) in [5, 5.41) is 11.7. The highest BCUT2D eigenvalue weighted by molar-refractivity contribution is 5.89. The standard InChI is InChI=1S/C11H16N2O3/c1-16-11(15)9-4-6-13-10(8-9)12-5-2-3-7-14/h4,6,8,14H,2-3,5,7H2,1H3,(H,12,13). The monoisotopic (exact) mass is 224 g/mol. The maximum atomic E-state index is 11.2. The van der Waals surface area contributed by atoms with Gasteiger partial charge in [-0.1, -0.05) is 0 Å². The summed E-state index contributed by atoms with van der Waals surface area (Å²) in [7, 11) is 1.34. The Morgan fingerprint density at radius 1 is 1.56 bits per heavy atom. The largest absolute Gasteiger partial charge is 0.465 e. The molecule has 1 aromatic rings. The summed E-state index contributed by atoms with van der Waals surface area (Å²) in [5.74, 6) is 0.265. The number of hydrogen-bond donors (Lipinski definition) is 2. The van der Waals surface area contributed by atoms with E-state index in [4.69, 9.17) is 5.11 Å². The molecular weight excluding hydrogens is 208 g/mol. The van der Waals surface area contributed by atoms with Gasteiger partial charge in [-0.2, -0.15) is 0 Å². The molecule has 0 amide bonds. The van der Waals surface area contributed by atoms with Crippen molar-refractivity contribution in [1.29, 1.82) is 0 Å². The molecule has 5 nitrogen and oxygen atoms in total. The van der Waals surface area contributed by atoms with Crippen molar-refractivity contribution in [2.45, 2.75) is 12.8 Å². The molecule has 0 atom stereocenters. The number of carbonyl (C=O) groups is 1. The van der Waals surface area contributed by atoms with Crippen molar-refractivity contribution in [3.05, 3.63) is 23.9 Å². The normalized spacial score (nSPS) is 9.88. The first-order valence-electron chi connectivity index (χ1n) is 5.17. The summed E-state index contributed by atoms with van der Waals surface area (Å²) >= 11 is 0. The summed E-state index contributed by atoms with van der Waals surface area (Å²) in [5.41, 5.74) is 0.474. The SMILES string of the molecule is COC(=O)c1ccnc(NCCCCO)c1. The van der Waals surface area contributed by atoms with E-state index < -0.39 is 0 Å². The molecule has 0 aromatic carbocycles. The minimum Gasteiger partial charge on any atom is -0.465 e. The number of anilines is 1. The minimum absolute atomic E-state index is 0.192. The molecule has 0 radical (unpaired) electrons. The summed E-state index contributed by atoms with van der Waals surface area (Å²) in [6, 6.07) is 3.25. The molecule has 1 heterocycles. The first kappa shape index (κ1) is 12.4. The number of hydrogen-bond acceptors (Lipinski definition) is 5. The second-order valence-corrected chi connectivity index (χ2v) is 3.28. The first-order chi connectivity index (χ1) is 7.77. The third-order valence-corrected chi connectivity index (χ3v) is 2.07. The van der Waals surface area contributed by atoms with Crippen molar-refractivity contribution in [2.75, 3.05) is 25.6 Å². The summed E-state index contributed by atoms with van der Waals surface area (Å²) in [4.78, 5) is 15.3. The Bertz CT molecular complexity index is 342. The van der Waals surface area contributed by atoms with E-state index in [2.05, 4.69) is 15.0 Å². The van der Waals surface area contributed by atoms with E-state index in [0.717, 1.165) is 19.4 Å². The summed E-state index contributed by atoms with van der Waals surface area (Å²) < 4.78 is 4.61. The molecule has 1 aromatic heterocycles. The molecule has 0 bridgehead atoms. The number of nitrogens with one attached hydrogen (secondary N) is 1. The van der Waals surface area contributed by atoms with Gasteiger partial charge in [0.1, 0.15) is 5.82 Å². The average molecular weight is 224 g/mol. The van der Waals surface area contributed by atoms with E-state index >= 15 is 0 Å². The van der Waals surface area contributed by atoms with Gasteiger partial charge in [0.05, 0.1) is 12.7 Å². The minimum atomic E-state index is -0.374. The van der Waals surface area contributed by atoms with E-state index in [0.29, 0.717) is 11.4 Å². The number of rotatable bonds is 6. The lowest BCUT2D eigenvalue weighted by molar-refractivity contribution is 0.0600.